The molecule has 3 amide bonds. The number of aliphatic carboxylic acids is 2. The summed E-state index contributed by atoms with van der Waals surface area (Å²) in [5, 5.41) is 31.6. The molecule has 16 heteroatoms. The van der Waals surface area contributed by atoms with Crippen LogP contribution in [0.1, 0.15) is 48.3 Å². The predicted octanol–water partition coefficient (Wildman–Crippen LogP) is 2.74. The molecule has 4 rings (SSSR count). The van der Waals surface area contributed by atoms with Gasteiger partial charge in [-0.3, -0.25) is 24.0 Å². The van der Waals surface area contributed by atoms with Gasteiger partial charge in [0.2, 0.25) is 5.91 Å². The Balaban J connectivity index is 0.00000209. The second-order valence-electron chi connectivity index (χ2n) is 10.6. The highest BCUT2D eigenvalue weighted by atomic mass is 16.6. The molecule has 5 N–H and O–H groups in total. The Morgan fingerprint density at radius 3 is 2.06 bits per heavy atom. The number of carboxylic acids is 2. The van der Waals surface area contributed by atoms with Gasteiger partial charge < -0.3 is 40.5 Å². The fraction of sp³-hybridized carbons (Fsp3) is 0.333. The number of aromatic nitrogens is 2. The first-order valence-electron chi connectivity index (χ1n) is 15.3. The van der Waals surface area contributed by atoms with Gasteiger partial charge in [0.1, 0.15) is 17.6 Å². The van der Waals surface area contributed by atoms with E-state index < -0.39 is 41.9 Å². The standard InChI is InChI=1S/C32H36N6O8.CH2O2/c1-2-46-32(45)38-17-15-37(16-18-38)31(44)23(13-14-27(39)40)35-30(43)25-19-26(36-29(34-25)22-11-7-4-8-12-22)33-24(20-28(41)42)21-9-5-3-6-10-21;2-1-3/h3-12,19,23-24H,2,13-18,20H2,1H3,(H,35,43)(H,39,40)(H,41,42)(H,33,34,36);1H,(H,2,3)/t23?,24-;/m1./s1. The molecule has 1 saturated heterocycles. The molecule has 1 aliphatic heterocycles. The molecular weight excluding hydrogens is 640 g/mol. The van der Waals surface area contributed by atoms with Crippen LogP contribution in [0.4, 0.5) is 10.6 Å². The number of anilines is 1. The number of rotatable bonds is 13. The SMILES string of the molecule is CCOC(=O)N1CCN(C(=O)C(CCC(=O)O)NC(=O)c2cc(N[C@H](CC(=O)O)c3ccccc3)nc(-c3ccccc3)n2)CC1.O=CO. The highest BCUT2D eigenvalue weighted by molar-refractivity contribution is 5.97. The molecule has 1 unspecified atom stereocenters. The van der Waals surface area contributed by atoms with E-state index in [-0.39, 0.29) is 75.9 Å². The highest BCUT2D eigenvalue weighted by Gasteiger charge is 2.31. The average Bonchev–Trinajstić information content (AvgIpc) is 3.10. The van der Waals surface area contributed by atoms with E-state index in [0.29, 0.717) is 11.1 Å². The number of piperazine rings is 1. The number of nitrogens with one attached hydrogen (secondary N) is 2. The number of benzene rings is 2. The van der Waals surface area contributed by atoms with Crippen molar-refractivity contribution in [1.29, 1.82) is 0 Å². The van der Waals surface area contributed by atoms with Crippen molar-refractivity contribution in [2.45, 2.75) is 38.3 Å². The lowest BCUT2D eigenvalue weighted by molar-refractivity contribution is -0.139. The molecule has 49 heavy (non-hydrogen) atoms. The Morgan fingerprint density at radius 2 is 1.49 bits per heavy atom. The van der Waals surface area contributed by atoms with Gasteiger partial charge in [-0.05, 0) is 18.9 Å². The van der Waals surface area contributed by atoms with Crippen LogP contribution < -0.4 is 10.6 Å². The van der Waals surface area contributed by atoms with Crippen LogP contribution in [0.25, 0.3) is 11.4 Å². The van der Waals surface area contributed by atoms with E-state index in [1.165, 1.54) is 15.9 Å². The monoisotopic (exact) mass is 678 g/mol. The number of nitrogens with zero attached hydrogens (tertiary/aromatic N) is 4. The van der Waals surface area contributed by atoms with E-state index in [2.05, 4.69) is 20.6 Å². The van der Waals surface area contributed by atoms with Gasteiger partial charge in [0.15, 0.2) is 5.82 Å². The number of carbonyl (C=O) groups excluding carboxylic acids is 3. The number of carbonyl (C=O) groups is 6. The van der Waals surface area contributed by atoms with Crippen LogP contribution in [0.5, 0.6) is 0 Å². The van der Waals surface area contributed by atoms with Crippen LogP contribution >= 0.6 is 0 Å². The molecule has 3 aromatic rings. The quantitative estimate of drug-likeness (QED) is 0.164. The Labute approximate surface area is 281 Å². The molecule has 1 aromatic heterocycles. The average molecular weight is 679 g/mol. The van der Waals surface area contributed by atoms with E-state index in [9.17, 15) is 34.2 Å². The fourth-order valence-corrected chi connectivity index (χ4v) is 4.95. The van der Waals surface area contributed by atoms with E-state index in [4.69, 9.17) is 14.6 Å². The summed E-state index contributed by atoms with van der Waals surface area (Å²) in [5.41, 5.74) is 1.17. The number of hydrogen-bond donors (Lipinski definition) is 5. The molecular formula is C33H38N6O10. The predicted molar refractivity (Wildman–Crippen MR) is 175 cm³/mol. The van der Waals surface area contributed by atoms with Crippen molar-refractivity contribution in [3.63, 3.8) is 0 Å². The van der Waals surface area contributed by atoms with Gasteiger partial charge in [-0.25, -0.2) is 14.8 Å². The van der Waals surface area contributed by atoms with Crippen LogP contribution in [-0.2, 0) is 23.9 Å². The third-order valence-electron chi connectivity index (χ3n) is 7.26. The van der Waals surface area contributed by atoms with Crippen molar-refractivity contribution in [1.82, 2.24) is 25.1 Å². The molecule has 0 aliphatic carbocycles. The summed E-state index contributed by atoms with van der Waals surface area (Å²) in [6, 6.07) is 17.3. The maximum absolute atomic E-state index is 13.7. The van der Waals surface area contributed by atoms with E-state index in [1.54, 1.807) is 55.5 Å². The van der Waals surface area contributed by atoms with Crippen molar-refractivity contribution in [3.8, 4) is 11.4 Å². The van der Waals surface area contributed by atoms with Gasteiger partial charge in [0.05, 0.1) is 19.1 Å². The summed E-state index contributed by atoms with van der Waals surface area (Å²) in [6.45, 7) is 2.49. The molecule has 2 heterocycles. The maximum Gasteiger partial charge on any atom is 0.409 e. The molecule has 0 saturated carbocycles. The van der Waals surface area contributed by atoms with E-state index >= 15 is 0 Å². The minimum absolute atomic E-state index is 0.112. The summed E-state index contributed by atoms with van der Waals surface area (Å²) < 4.78 is 5.03. The first kappa shape index (κ1) is 37.4. The Bertz CT molecular complexity index is 1580. The molecule has 0 bridgehead atoms. The molecule has 16 nitrogen and oxygen atoms in total. The van der Waals surface area contributed by atoms with Gasteiger partial charge in [-0.1, -0.05) is 60.7 Å². The topological polar surface area (TPSA) is 229 Å². The second kappa shape index (κ2) is 18.9. The molecule has 1 aliphatic rings. The van der Waals surface area contributed by atoms with Gasteiger partial charge >= 0.3 is 18.0 Å². The van der Waals surface area contributed by atoms with Gasteiger partial charge in [-0.2, -0.15) is 0 Å². The van der Waals surface area contributed by atoms with Crippen LogP contribution in [0.3, 0.4) is 0 Å². The van der Waals surface area contributed by atoms with Crippen molar-refractivity contribution >= 4 is 42.1 Å². The zero-order valence-corrected chi connectivity index (χ0v) is 26.7. The normalized spacial score (nSPS) is 13.5. The minimum atomic E-state index is -1.19. The molecule has 0 spiro atoms. The van der Waals surface area contributed by atoms with Crippen molar-refractivity contribution in [2.24, 2.45) is 0 Å². The molecule has 0 radical (unpaired) electrons. The first-order valence-corrected chi connectivity index (χ1v) is 15.3. The summed E-state index contributed by atoms with van der Waals surface area (Å²) in [7, 11) is 0. The smallest absolute Gasteiger partial charge is 0.409 e. The number of carboxylic acid groups (broad SMARTS) is 3. The molecule has 2 aromatic carbocycles. The van der Waals surface area contributed by atoms with Crippen LogP contribution in [0.2, 0.25) is 0 Å². The summed E-state index contributed by atoms with van der Waals surface area (Å²) in [4.78, 5) is 82.7. The molecule has 2 atom stereocenters. The number of hydrogen-bond acceptors (Lipinski definition) is 10. The Morgan fingerprint density at radius 1 is 0.898 bits per heavy atom. The largest absolute Gasteiger partial charge is 0.483 e. The fourth-order valence-electron chi connectivity index (χ4n) is 4.95. The van der Waals surface area contributed by atoms with E-state index in [1.807, 2.05) is 12.1 Å². The zero-order valence-electron chi connectivity index (χ0n) is 26.7. The van der Waals surface area contributed by atoms with Crippen molar-refractivity contribution < 1.29 is 48.8 Å². The summed E-state index contributed by atoms with van der Waals surface area (Å²) in [6.07, 6.45) is -1.30. The lowest BCUT2D eigenvalue weighted by Gasteiger charge is -2.35. The lowest BCUT2D eigenvalue weighted by Crippen LogP contribution is -2.56. The second-order valence-corrected chi connectivity index (χ2v) is 10.6. The highest BCUT2D eigenvalue weighted by Crippen LogP contribution is 2.25. The summed E-state index contributed by atoms with van der Waals surface area (Å²) in [5.74, 6) is -3.05. The molecule has 1 fully saturated rings. The summed E-state index contributed by atoms with van der Waals surface area (Å²) >= 11 is 0. The van der Waals surface area contributed by atoms with Crippen LogP contribution in [-0.4, -0.2) is 110 Å². The first-order chi connectivity index (χ1) is 23.6. The maximum atomic E-state index is 13.7. The zero-order chi connectivity index (χ0) is 35.8. The molecule has 260 valence electrons. The van der Waals surface area contributed by atoms with Gasteiger partial charge in [0, 0.05) is 44.2 Å². The van der Waals surface area contributed by atoms with Gasteiger partial charge in [0.25, 0.3) is 12.4 Å². The van der Waals surface area contributed by atoms with E-state index in [0.717, 1.165) is 0 Å². The van der Waals surface area contributed by atoms with Crippen LogP contribution in [0, 0.1) is 0 Å². The van der Waals surface area contributed by atoms with Gasteiger partial charge in [-0.15, -0.1) is 0 Å². The third-order valence-corrected chi connectivity index (χ3v) is 7.26. The lowest BCUT2D eigenvalue weighted by atomic mass is 10.0. The van der Waals surface area contributed by atoms with Crippen molar-refractivity contribution in [3.05, 3.63) is 78.0 Å². The Kier molecular flexibility index (Phi) is 14.4. The Hall–Kier alpha value is -6.06. The third kappa shape index (κ3) is 11.6. The van der Waals surface area contributed by atoms with Crippen molar-refractivity contribution in [2.75, 3.05) is 38.1 Å². The minimum Gasteiger partial charge on any atom is -0.483 e. The van der Waals surface area contributed by atoms with Crippen LogP contribution in [0.15, 0.2) is 66.7 Å². The number of amides is 3. The number of ether oxygens (including phenoxy) is 1.